The highest BCUT2D eigenvalue weighted by Gasteiger charge is 2.19. The van der Waals surface area contributed by atoms with Crippen molar-refractivity contribution in [2.75, 3.05) is 5.32 Å². The molecule has 0 aliphatic heterocycles. The molecule has 6 nitrogen and oxygen atoms in total. The molecule has 0 aromatic heterocycles. The summed E-state index contributed by atoms with van der Waals surface area (Å²) < 4.78 is 16.6. The van der Waals surface area contributed by atoms with E-state index in [2.05, 4.69) is 5.32 Å². The Bertz CT molecular complexity index is 1040. The maximum absolute atomic E-state index is 12.6. The van der Waals surface area contributed by atoms with Gasteiger partial charge in [0.2, 0.25) is 0 Å². The zero-order valence-electron chi connectivity index (χ0n) is 18.5. The molecule has 1 amide bonds. The lowest BCUT2D eigenvalue weighted by molar-refractivity contribution is 0.0471. The first kappa shape index (κ1) is 22.9. The average Bonchev–Trinajstić information content (AvgIpc) is 2.76. The fourth-order valence-electron chi connectivity index (χ4n) is 2.84. The van der Waals surface area contributed by atoms with E-state index in [1.165, 1.54) is 6.07 Å². The van der Waals surface area contributed by atoms with Gasteiger partial charge in [0, 0.05) is 0 Å². The van der Waals surface area contributed by atoms with Gasteiger partial charge in [0.25, 0.3) is 0 Å². The van der Waals surface area contributed by atoms with Crippen LogP contribution in [-0.2, 0) is 22.7 Å². The minimum atomic E-state index is -0.665. The highest BCUT2D eigenvalue weighted by molar-refractivity contribution is 5.94. The summed E-state index contributed by atoms with van der Waals surface area (Å²) in [6.45, 7) is 5.78. The number of ether oxygens (including phenoxy) is 3. The Labute approximate surface area is 188 Å². The second-order valence-electron chi connectivity index (χ2n) is 8.17. The fourth-order valence-corrected chi connectivity index (χ4v) is 2.84. The zero-order valence-corrected chi connectivity index (χ0v) is 18.5. The largest absolute Gasteiger partial charge is 0.487 e. The molecule has 1 N–H and O–H groups in total. The summed E-state index contributed by atoms with van der Waals surface area (Å²) >= 11 is 0. The van der Waals surface area contributed by atoms with Crippen molar-refractivity contribution < 1.29 is 23.8 Å². The highest BCUT2D eigenvalue weighted by Crippen LogP contribution is 2.28. The van der Waals surface area contributed by atoms with Crippen LogP contribution in [0.15, 0.2) is 78.9 Å². The van der Waals surface area contributed by atoms with Crippen LogP contribution in [0.4, 0.5) is 10.5 Å². The van der Waals surface area contributed by atoms with Crippen LogP contribution in [0.1, 0.15) is 42.3 Å². The standard InChI is InChI=1S/C26H27NO5/c1-26(2,3)32-25(29)27-22-16-21(24(28)31-18-20-12-8-5-9-13-20)14-15-23(22)30-17-19-10-6-4-7-11-19/h4-16H,17-18H2,1-3H3,(H,27,29). The van der Waals surface area contributed by atoms with E-state index < -0.39 is 17.7 Å². The van der Waals surface area contributed by atoms with Crippen LogP contribution >= 0.6 is 0 Å². The van der Waals surface area contributed by atoms with Crippen molar-refractivity contribution in [2.24, 2.45) is 0 Å². The summed E-state index contributed by atoms with van der Waals surface area (Å²) in [6.07, 6.45) is -0.642. The lowest BCUT2D eigenvalue weighted by Crippen LogP contribution is -2.27. The zero-order chi connectivity index (χ0) is 23.0. The number of anilines is 1. The summed E-state index contributed by atoms with van der Waals surface area (Å²) in [6, 6.07) is 23.8. The van der Waals surface area contributed by atoms with Crippen molar-refractivity contribution in [3.8, 4) is 5.75 Å². The summed E-state index contributed by atoms with van der Waals surface area (Å²) in [5.74, 6) is -0.0879. The van der Waals surface area contributed by atoms with E-state index in [0.717, 1.165) is 11.1 Å². The van der Waals surface area contributed by atoms with E-state index in [9.17, 15) is 9.59 Å². The van der Waals surface area contributed by atoms with Gasteiger partial charge < -0.3 is 14.2 Å². The van der Waals surface area contributed by atoms with Gasteiger partial charge in [0.05, 0.1) is 11.3 Å². The van der Waals surface area contributed by atoms with Crippen molar-refractivity contribution in [1.82, 2.24) is 0 Å². The van der Waals surface area contributed by atoms with Crippen molar-refractivity contribution in [3.63, 3.8) is 0 Å². The molecule has 0 aliphatic rings. The molecule has 0 fully saturated rings. The third-order valence-electron chi connectivity index (χ3n) is 4.30. The Morgan fingerprint density at radius 3 is 2.00 bits per heavy atom. The van der Waals surface area contributed by atoms with Crippen LogP contribution in [0.3, 0.4) is 0 Å². The molecule has 0 heterocycles. The summed E-state index contributed by atoms with van der Waals surface area (Å²) in [5.41, 5.74) is 1.81. The van der Waals surface area contributed by atoms with E-state index in [1.54, 1.807) is 32.9 Å². The van der Waals surface area contributed by atoms with E-state index in [0.29, 0.717) is 23.6 Å². The quantitative estimate of drug-likeness (QED) is 0.465. The van der Waals surface area contributed by atoms with Crippen LogP contribution in [-0.4, -0.2) is 17.7 Å². The predicted octanol–water partition coefficient (Wildman–Crippen LogP) is 5.97. The Hall–Kier alpha value is -3.80. The number of amides is 1. The molecule has 0 saturated carbocycles. The Balaban J connectivity index is 1.76. The molecule has 3 aromatic carbocycles. The van der Waals surface area contributed by atoms with Crippen molar-refractivity contribution in [2.45, 2.75) is 39.6 Å². The van der Waals surface area contributed by atoms with Crippen LogP contribution in [0.25, 0.3) is 0 Å². The van der Waals surface area contributed by atoms with Gasteiger partial charge in [-0.05, 0) is 50.1 Å². The Morgan fingerprint density at radius 2 is 1.41 bits per heavy atom. The van der Waals surface area contributed by atoms with Crippen molar-refractivity contribution in [1.29, 1.82) is 0 Å². The van der Waals surface area contributed by atoms with Gasteiger partial charge >= 0.3 is 12.1 Å². The predicted molar refractivity (Wildman–Crippen MR) is 123 cm³/mol. The molecule has 3 aromatic rings. The van der Waals surface area contributed by atoms with Gasteiger partial charge in [-0.3, -0.25) is 5.32 Å². The molecule has 0 bridgehead atoms. The van der Waals surface area contributed by atoms with Crippen LogP contribution in [0.2, 0.25) is 0 Å². The molecule has 0 spiro atoms. The Morgan fingerprint density at radius 1 is 0.812 bits per heavy atom. The monoisotopic (exact) mass is 433 g/mol. The van der Waals surface area contributed by atoms with Crippen molar-refractivity contribution in [3.05, 3.63) is 95.6 Å². The number of nitrogens with one attached hydrogen (secondary N) is 1. The number of hydrogen-bond acceptors (Lipinski definition) is 5. The number of carbonyl (C=O) groups excluding carboxylic acids is 2. The number of hydrogen-bond donors (Lipinski definition) is 1. The molecule has 6 heteroatoms. The molecule has 0 aliphatic carbocycles. The molecule has 0 saturated heterocycles. The summed E-state index contributed by atoms with van der Waals surface area (Å²) in [7, 11) is 0. The minimum Gasteiger partial charge on any atom is -0.487 e. The molecule has 0 unspecified atom stereocenters. The van der Waals surface area contributed by atoms with Gasteiger partial charge in [0.15, 0.2) is 0 Å². The summed E-state index contributed by atoms with van der Waals surface area (Å²) in [5, 5.41) is 2.68. The molecule has 0 atom stereocenters. The van der Waals surface area contributed by atoms with Crippen LogP contribution in [0.5, 0.6) is 5.75 Å². The average molecular weight is 434 g/mol. The van der Waals surface area contributed by atoms with Gasteiger partial charge in [-0.25, -0.2) is 9.59 Å². The van der Waals surface area contributed by atoms with Gasteiger partial charge in [-0.1, -0.05) is 60.7 Å². The maximum Gasteiger partial charge on any atom is 0.412 e. The normalized spacial score (nSPS) is 10.8. The molecule has 166 valence electrons. The molecule has 32 heavy (non-hydrogen) atoms. The fraction of sp³-hybridized carbons (Fsp3) is 0.231. The van der Waals surface area contributed by atoms with Gasteiger partial charge in [-0.2, -0.15) is 0 Å². The van der Waals surface area contributed by atoms with Crippen molar-refractivity contribution >= 4 is 17.7 Å². The topological polar surface area (TPSA) is 73.9 Å². The summed E-state index contributed by atoms with van der Waals surface area (Å²) in [4.78, 5) is 24.9. The lowest BCUT2D eigenvalue weighted by Gasteiger charge is -2.20. The van der Waals surface area contributed by atoms with Gasteiger partial charge in [-0.15, -0.1) is 0 Å². The molecule has 0 radical (unpaired) electrons. The number of benzene rings is 3. The van der Waals surface area contributed by atoms with Gasteiger partial charge in [0.1, 0.15) is 24.6 Å². The number of esters is 1. The Kier molecular flexibility index (Phi) is 7.49. The van der Waals surface area contributed by atoms with Crippen LogP contribution < -0.4 is 10.1 Å². The lowest BCUT2D eigenvalue weighted by atomic mass is 10.1. The molecular weight excluding hydrogens is 406 g/mol. The first-order valence-electron chi connectivity index (χ1n) is 10.3. The number of carbonyl (C=O) groups is 2. The smallest absolute Gasteiger partial charge is 0.412 e. The van der Waals surface area contributed by atoms with E-state index in [-0.39, 0.29) is 6.61 Å². The second kappa shape index (κ2) is 10.5. The second-order valence-corrected chi connectivity index (χ2v) is 8.17. The van der Waals surface area contributed by atoms with E-state index in [4.69, 9.17) is 14.2 Å². The maximum atomic E-state index is 12.6. The molecular formula is C26H27NO5. The molecule has 3 rings (SSSR count). The minimum absolute atomic E-state index is 0.154. The third-order valence-corrected chi connectivity index (χ3v) is 4.30. The third kappa shape index (κ3) is 7.16. The SMILES string of the molecule is CC(C)(C)OC(=O)Nc1cc(C(=O)OCc2ccccc2)ccc1OCc1ccccc1. The number of rotatable bonds is 7. The first-order chi connectivity index (χ1) is 15.3. The van der Waals surface area contributed by atoms with Crippen LogP contribution in [0, 0.1) is 0 Å². The van der Waals surface area contributed by atoms with E-state index in [1.807, 2.05) is 60.7 Å². The first-order valence-corrected chi connectivity index (χ1v) is 10.3. The van der Waals surface area contributed by atoms with E-state index >= 15 is 0 Å². The highest BCUT2D eigenvalue weighted by atomic mass is 16.6.